The molecule has 0 radical (unpaired) electrons. The molecular formula is C27H30N4O3S. The monoisotopic (exact) mass is 490 g/mol. The Morgan fingerprint density at radius 3 is 2.54 bits per heavy atom. The van der Waals surface area contributed by atoms with E-state index in [-0.39, 0.29) is 11.4 Å². The van der Waals surface area contributed by atoms with E-state index in [1.807, 2.05) is 36.4 Å². The summed E-state index contributed by atoms with van der Waals surface area (Å²) in [6.07, 6.45) is 4.51. The zero-order chi connectivity index (χ0) is 24.8. The fourth-order valence-corrected chi connectivity index (χ4v) is 4.64. The van der Waals surface area contributed by atoms with E-state index in [0.29, 0.717) is 30.0 Å². The van der Waals surface area contributed by atoms with E-state index in [1.165, 1.54) is 22.3 Å². The summed E-state index contributed by atoms with van der Waals surface area (Å²) in [7, 11) is 0. The van der Waals surface area contributed by atoms with Crippen molar-refractivity contribution in [3.8, 4) is 11.5 Å². The quantitative estimate of drug-likeness (QED) is 0.322. The maximum atomic E-state index is 12.6. The Balaban J connectivity index is 1.35. The number of amides is 1. The van der Waals surface area contributed by atoms with Gasteiger partial charge in [0.05, 0.1) is 5.57 Å². The van der Waals surface area contributed by atoms with Crippen molar-refractivity contribution in [3.63, 3.8) is 0 Å². The van der Waals surface area contributed by atoms with Gasteiger partial charge < -0.3 is 9.47 Å². The lowest BCUT2D eigenvalue weighted by molar-refractivity contribution is -0.114. The van der Waals surface area contributed by atoms with Crippen LogP contribution in [0.1, 0.15) is 57.1 Å². The molecule has 182 valence electrons. The molecule has 35 heavy (non-hydrogen) atoms. The molecule has 0 spiro atoms. The van der Waals surface area contributed by atoms with Crippen LogP contribution in [0.25, 0.3) is 6.08 Å². The third-order valence-corrected chi connectivity index (χ3v) is 6.78. The average Bonchev–Trinajstić information content (AvgIpc) is 3.27. The van der Waals surface area contributed by atoms with Crippen molar-refractivity contribution in [2.24, 2.45) is 10.1 Å². The number of carbonyl (C=O) groups excluding carboxylic acids is 1. The lowest BCUT2D eigenvalue weighted by atomic mass is 9.99. The van der Waals surface area contributed by atoms with E-state index in [4.69, 9.17) is 14.9 Å². The molecular weight excluding hydrogens is 460 g/mol. The summed E-state index contributed by atoms with van der Waals surface area (Å²) in [6.45, 7) is 7.27. The molecule has 0 saturated carbocycles. The van der Waals surface area contributed by atoms with Gasteiger partial charge in [-0.25, -0.2) is 0 Å². The van der Waals surface area contributed by atoms with Crippen molar-refractivity contribution in [3.05, 3.63) is 65.2 Å². The Hall–Kier alpha value is -3.39. The Morgan fingerprint density at radius 2 is 1.83 bits per heavy atom. The number of nitrogens with one attached hydrogen (secondary N) is 1. The number of thioether (sulfide) groups is 1. The molecule has 1 unspecified atom stereocenters. The third kappa shape index (κ3) is 6.00. The number of nitrogens with zero attached hydrogens (tertiary/aromatic N) is 3. The van der Waals surface area contributed by atoms with Gasteiger partial charge in [0.2, 0.25) is 5.17 Å². The first kappa shape index (κ1) is 24.7. The van der Waals surface area contributed by atoms with E-state index < -0.39 is 5.91 Å². The molecule has 0 aliphatic carbocycles. The van der Waals surface area contributed by atoms with Gasteiger partial charge in [0.15, 0.2) is 5.84 Å². The smallest absolute Gasteiger partial charge is 0.283 e. The van der Waals surface area contributed by atoms with Crippen LogP contribution in [0.15, 0.2) is 64.2 Å². The number of aliphatic imine (C=N–C) groups is 1. The van der Waals surface area contributed by atoms with Crippen LogP contribution in [-0.4, -0.2) is 40.2 Å². The molecule has 8 heteroatoms. The molecule has 4 rings (SSSR count). The van der Waals surface area contributed by atoms with Crippen LogP contribution in [0.5, 0.6) is 11.5 Å². The van der Waals surface area contributed by atoms with E-state index >= 15 is 0 Å². The molecule has 2 aliphatic rings. The van der Waals surface area contributed by atoms with Crippen LogP contribution in [0.4, 0.5) is 0 Å². The minimum absolute atomic E-state index is 0.0395. The largest absolute Gasteiger partial charge is 0.490 e. The molecule has 0 fully saturated rings. The minimum Gasteiger partial charge on any atom is -0.490 e. The second kappa shape index (κ2) is 11.4. The molecule has 2 aliphatic heterocycles. The fraction of sp³-hybridized carbons (Fsp3) is 0.333. The lowest BCUT2D eigenvalue weighted by Crippen LogP contribution is -2.35. The molecule has 0 aromatic heterocycles. The van der Waals surface area contributed by atoms with Gasteiger partial charge in [-0.1, -0.05) is 45.0 Å². The van der Waals surface area contributed by atoms with E-state index in [0.717, 1.165) is 35.6 Å². The third-order valence-electron chi connectivity index (χ3n) is 5.81. The van der Waals surface area contributed by atoms with Crippen LogP contribution in [0, 0.1) is 5.41 Å². The summed E-state index contributed by atoms with van der Waals surface area (Å²) in [5.74, 6) is 1.63. The second-order valence-electron chi connectivity index (χ2n) is 8.41. The van der Waals surface area contributed by atoms with E-state index in [9.17, 15) is 4.79 Å². The molecule has 1 atom stereocenters. The number of carbonyl (C=O) groups is 1. The number of hydrogen-bond acceptors (Lipinski definition) is 6. The molecule has 0 saturated heterocycles. The highest BCUT2D eigenvalue weighted by molar-refractivity contribution is 8.26. The summed E-state index contributed by atoms with van der Waals surface area (Å²) in [6, 6.07) is 15.6. The van der Waals surface area contributed by atoms with Crippen molar-refractivity contribution in [2.45, 2.75) is 46.0 Å². The first-order valence-corrected chi connectivity index (χ1v) is 12.7. The van der Waals surface area contributed by atoms with Gasteiger partial charge in [-0.15, -0.1) is 0 Å². The first-order valence-electron chi connectivity index (χ1n) is 11.9. The fourth-order valence-electron chi connectivity index (χ4n) is 3.65. The Morgan fingerprint density at radius 1 is 1.09 bits per heavy atom. The highest BCUT2D eigenvalue weighted by Crippen LogP contribution is 2.30. The molecule has 7 nitrogen and oxygen atoms in total. The summed E-state index contributed by atoms with van der Waals surface area (Å²) in [5, 5.41) is 15.7. The number of amidine groups is 2. The van der Waals surface area contributed by atoms with Gasteiger partial charge in [0, 0.05) is 0 Å². The maximum absolute atomic E-state index is 12.6. The van der Waals surface area contributed by atoms with Crippen molar-refractivity contribution < 1.29 is 14.3 Å². The van der Waals surface area contributed by atoms with Crippen molar-refractivity contribution in [1.82, 2.24) is 5.01 Å². The minimum atomic E-state index is -0.430. The van der Waals surface area contributed by atoms with Gasteiger partial charge in [-0.3, -0.25) is 10.2 Å². The highest BCUT2D eigenvalue weighted by atomic mass is 32.2. The number of fused-ring (bicyclic) bond motifs is 1. The van der Waals surface area contributed by atoms with Crippen LogP contribution in [-0.2, 0) is 4.79 Å². The average molecular weight is 491 g/mol. The molecule has 1 amide bonds. The molecule has 2 heterocycles. The number of rotatable bonds is 10. The number of ether oxygens (including phenoxy) is 2. The maximum Gasteiger partial charge on any atom is 0.283 e. The van der Waals surface area contributed by atoms with Crippen LogP contribution < -0.4 is 9.47 Å². The van der Waals surface area contributed by atoms with Crippen molar-refractivity contribution in [2.75, 3.05) is 13.2 Å². The topological polar surface area (TPSA) is 87.3 Å². The Kier molecular flexibility index (Phi) is 8.02. The van der Waals surface area contributed by atoms with Crippen molar-refractivity contribution in [1.29, 1.82) is 5.41 Å². The van der Waals surface area contributed by atoms with Gasteiger partial charge >= 0.3 is 0 Å². The zero-order valence-electron chi connectivity index (χ0n) is 20.3. The molecule has 0 bridgehead atoms. The van der Waals surface area contributed by atoms with Gasteiger partial charge in [-0.2, -0.15) is 15.1 Å². The normalized spacial score (nSPS) is 17.2. The van der Waals surface area contributed by atoms with Crippen LogP contribution in [0.3, 0.4) is 0 Å². The van der Waals surface area contributed by atoms with Crippen molar-refractivity contribution >= 4 is 39.8 Å². The number of hydrazone groups is 1. The predicted octanol–water partition coefficient (Wildman–Crippen LogP) is 6.08. The van der Waals surface area contributed by atoms with E-state index in [1.54, 1.807) is 6.08 Å². The highest BCUT2D eigenvalue weighted by Gasteiger charge is 2.35. The first-order chi connectivity index (χ1) is 17.0. The SMILES string of the molecule is CCCC1=NN2C(=N)/C(=C/c3cccc(OCCOc4ccc(C(C)CC)cc4)c3)C(=O)N=C2S1. The van der Waals surface area contributed by atoms with Gasteiger partial charge in [0.1, 0.15) is 29.8 Å². The molecule has 2 aromatic carbocycles. The summed E-state index contributed by atoms with van der Waals surface area (Å²) in [4.78, 5) is 16.7. The van der Waals surface area contributed by atoms with Gasteiger partial charge in [-0.05, 0) is 78.4 Å². The molecule has 2 aromatic rings. The number of benzene rings is 2. The Labute approximate surface area is 210 Å². The predicted molar refractivity (Wildman–Crippen MR) is 142 cm³/mol. The summed E-state index contributed by atoms with van der Waals surface area (Å²) >= 11 is 1.35. The van der Waals surface area contributed by atoms with Crippen LogP contribution >= 0.6 is 11.8 Å². The summed E-state index contributed by atoms with van der Waals surface area (Å²) in [5.41, 5.74) is 2.27. The van der Waals surface area contributed by atoms with Crippen LogP contribution in [0.2, 0.25) is 0 Å². The Bertz CT molecular complexity index is 1190. The second-order valence-corrected chi connectivity index (χ2v) is 9.45. The molecule has 1 N–H and O–H groups in total. The van der Waals surface area contributed by atoms with Gasteiger partial charge in [0.25, 0.3) is 5.91 Å². The zero-order valence-corrected chi connectivity index (χ0v) is 21.1. The standard InChI is InChI=1S/C27H30N4O3S/c1-4-7-24-30-31-25(28)23(26(32)29-27(31)35-24)17-19-8-6-9-22(16-19)34-15-14-33-21-12-10-20(11-13-21)18(3)5-2/h6,8-13,16-18,28H,4-5,7,14-15H2,1-3H3/b23-17-,28-25?. The summed E-state index contributed by atoms with van der Waals surface area (Å²) < 4.78 is 11.6. The van der Waals surface area contributed by atoms with E-state index in [2.05, 4.69) is 43.0 Å². The lowest BCUT2D eigenvalue weighted by Gasteiger charge is -2.20. The number of hydrogen-bond donors (Lipinski definition) is 1.